The molecule has 0 heterocycles. The van der Waals surface area contributed by atoms with Gasteiger partial charge in [-0.3, -0.25) is 29.0 Å². The summed E-state index contributed by atoms with van der Waals surface area (Å²) in [5, 5.41) is 4.82. The number of carbonyl (C=O) groups is 4. The Morgan fingerprint density at radius 1 is 0.531 bits per heavy atom. The number of benzene rings is 5. The van der Waals surface area contributed by atoms with Crippen LogP contribution in [0.5, 0.6) is 11.5 Å². The largest absolute Gasteiger partial charge is 0.497 e. The van der Waals surface area contributed by atoms with Gasteiger partial charge in [0, 0.05) is 36.3 Å². The standard InChI is InChI=1S/C48H40F6N4O6/c1-5-7-17-57(35-9-13-37(63-3)14-10-35)47(61)43(23-29-19-31(49)25-32(50)20-29)55-45(59)39-27-41(53)42(54)28-40(39)46(60)56-44(24-30-21-33(51)26-34(52)22-30)48(62)58(18-8-6-2)36-11-15-38(64-4)16-12-36/h9-16,19-22,25-28,43-44H,17-18,23-24H2,1-4H3,(H,55,59)(H,56,60)/t43-,44-/m0/s1. The van der Waals surface area contributed by atoms with Gasteiger partial charge < -0.3 is 20.1 Å². The molecule has 2 N–H and O–H groups in total. The lowest BCUT2D eigenvalue weighted by Gasteiger charge is -2.28. The van der Waals surface area contributed by atoms with Gasteiger partial charge in [0.25, 0.3) is 23.6 Å². The normalized spacial score (nSPS) is 11.4. The molecule has 0 aliphatic rings. The van der Waals surface area contributed by atoms with Crippen molar-refractivity contribution in [2.45, 2.75) is 38.8 Å². The first-order valence-electron chi connectivity index (χ1n) is 19.3. The van der Waals surface area contributed by atoms with Gasteiger partial charge in [-0.2, -0.15) is 0 Å². The Hall–Kier alpha value is -7.72. The van der Waals surface area contributed by atoms with E-state index in [1.54, 1.807) is 24.3 Å². The summed E-state index contributed by atoms with van der Waals surface area (Å²) in [6.45, 7) is 2.58. The monoisotopic (exact) mass is 882 g/mol. The van der Waals surface area contributed by atoms with E-state index in [4.69, 9.17) is 9.47 Å². The number of anilines is 2. The summed E-state index contributed by atoms with van der Waals surface area (Å²) in [5.41, 5.74) is -1.27. The molecule has 2 atom stereocenters. The van der Waals surface area contributed by atoms with Gasteiger partial charge in [-0.05, 0) is 110 Å². The van der Waals surface area contributed by atoms with E-state index in [2.05, 4.69) is 34.3 Å². The predicted molar refractivity (Wildman–Crippen MR) is 227 cm³/mol. The third-order valence-electron chi connectivity index (χ3n) is 9.61. The minimum absolute atomic E-state index is 0.0834. The van der Waals surface area contributed by atoms with E-state index >= 15 is 8.78 Å². The molecule has 0 saturated carbocycles. The number of ether oxygens (including phenoxy) is 2. The fourth-order valence-electron chi connectivity index (χ4n) is 6.53. The maximum Gasteiger partial charge on any atom is 0.252 e. The molecule has 0 spiro atoms. The van der Waals surface area contributed by atoms with Gasteiger partial charge in [-0.1, -0.05) is 11.8 Å². The van der Waals surface area contributed by atoms with Crippen LogP contribution in [0.15, 0.2) is 97.1 Å². The van der Waals surface area contributed by atoms with E-state index in [9.17, 15) is 36.7 Å². The second-order valence-corrected chi connectivity index (χ2v) is 13.9. The Kier molecular flexibility index (Phi) is 16.2. The summed E-state index contributed by atoms with van der Waals surface area (Å²) in [5.74, 6) is 0.262. The van der Waals surface area contributed by atoms with E-state index in [0.717, 1.165) is 24.3 Å². The van der Waals surface area contributed by atoms with E-state index < -0.39 is 94.6 Å². The molecule has 0 aromatic heterocycles. The molecular formula is C48H40F6N4O6. The summed E-state index contributed by atoms with van der Waals surface area (Å²) in [7, 11) is 2.86. The minimum Gasteiger partial charge on any atom is -0.497 e. The first-order chi connectivity index (χ1) is 30.6. The molecule has 5 aromatic carbocycles. The van der Waals surface area contributed by atoms with E-state index in [1.807, 2.05) is 0 Å². The Morgan fingerprint density at radius 3 is 1.16 bits per heavy atom. The van der Waals surface area contributed by atoms with Gasteiger partial charge in [0.05, 0.1) is 38.4 Å². The van der Waals surface area contributed by atoms with Crippen LogP contribution in [-0.2, 0) is 22.4 Å². The molecule has 0 fully saturated rings. The zero-order chi connectivity index (χ0) is 46.5. The van der Waals surface area contributed by atoms with Crippen LogP contribution in [-0.4, -0.2) is 63.0 Å². The number of methoxy groups -OCH3 is 2. The molecule has 0 saturated heterocycles. The number of halogens is 6. The van der Waals surface area contributed by atoms with Gasteiger partial charge in [0.1, 0.15) is 46.9 Å². The second-order valence-electron chi connectivity index (χ2n) is 13.9. The first-order valence-corrected chi connectivity index (χ1v) is 19.3. The van der Waals surface area contributed by atoms with Crippen molar-refractivity contribution < 1.29 is 55.0 Å². The van der Waals surface area contributed by atoms with Crippen molar-refractivity contribution in [2.24, 2.45) is 0 Å². The summed E-state index contributed by atoms with van der Waals surface area (Å²) in [4.78, 5) is 59.7. The highest BCUT2D eigenvalue weighted by molar-refractivity contribution is 6.10. The molecular weight excluding hydrogens is 843 g/mol. The molecule has 16 heteroatoms. The van der Waals surface area contributed by atoms with Crippen molar-refractivity contribution in [3.05, 3.63) is 154 Å². The number of nitrogens with zero attached hydrogens (tertiary/aromatic N) is 2. The van der Waals surface area contributed by atoms with Crippen LogP contribution >= 0.6 is 0 Å². The van der Waals surface area contributed by atoms with E-state index in [1.165, 1.54) is 62.1 Å². The van der Waals surface area contributed by atoms with Gasteiger partial charge in [-0.15, -0.1) is 11.8 Å². The van der Waals surface area contributed by atoms with Crippen molar-refractivity contribution >= 4 is 35.0 Å². The molecule has 5 aromatic rings. The van der Waals surface area contributed by atoms with Gasteiger partial charge in [0.2, 0.25) is 0 Å². The quantitative estimate of drug-likeness (QED) is 0.0793. The zero-order valence-electron chi connectivity index (χ0n) is 34.8. The summed E-state index contributed by atoms with van der Waals surface area (Å²) in [6, 6.07) is 14.6. The highest BCUT2D eigenvalue weighted by Crippen LogP contribution is 2.24. The number of rotatable bonds is 16. The molecule has 10 nitrogen and oxygen atoms in total. The Morgan fingerprint density at radius 2 is 0.859 bits per heavy atom. The highest BCUT2D eigenvalue weighted by atomic mass is 19.2. The SMILES string of the molecule is CC#CCN(C(=O)[C@H](Cc1cc(F)cc(F)c1)NC(=O)c1cc(F)c(F)cc1C(=O)N[C@@H](Cc1cc(F)cc(F)c1)C(=O)N(CC#CC)c1ccc(OC)cc1)c1ccc(OC)cc1. The number of hydrogen-bond donors (Lipinski definition) is 2. The topological polar surface area (TPSA) is 117 Å². The molecule has 0 radical (unpaired) electrons. The molecule has 330 valence electrons. The van der Waals surface area contributed by atoms with Crippen molar-refractivity contribution in [3.8, 4) is 35.2 Å². The molecule has 0 unspecified atom stereocenters. The average molecular weight is 883 g/mol. The van der Waals surface area contributed by atoms with Gasteiger partial charge in [0.15, 0.2) is 11.6 Å². The molecule has 0 bridgehead atoms. The van der Waals surface area contributed by atoms with Crippen LogP contribution in [0.3, 0.4) is 0 Å². The van der Waals surface area contributed by atoms with Crippen LogP contribution < -0.4 is 29.9 Å². The number of nitrogens with one attached hydrogen (secondary N) is 2. The van der Waals surface area contributed by atoms with Gasteiger partial charge >= 0.3 is 0 Å². The van der Waals surface area contributed by atoms with Crippen LogP contribution in [0.2, 0.25) is 0 Å². The Balaban J connectivity index is 1.56. The smallest absolute Gasteiger partial charge is 0.252 e. The molecule has 4 amide bonds. The lowest BCUT2D eigenvalue weighted by Crippen LogP contribution is -2.51. The predicted octanol–water partition coefficient (Wildman–Crippen LogP) is 7.33. The summed E-state index contributed by atoms with van der Waals surface area (Å²) >= 11 is 0. The third-order valence-corrected chi connectivity index (χ3v) is 9.61. The van der Waals surface area contributed by atoms with Crippen molar-refractivity contribution in [2.75, 3.05) is 37.1 Å². The Labute approximate surface area is 365 Å². The second kappa shape index (κ2) is 21.9. The van der Waals surface area contributed by atoms with E-state index in [-0.39, 0.29) is 35.6 Å². The molecule has 64 heavy (non-hydrogen) atoms. The van der Waals surface area contributed by atoms with E-state index in [0.29, 0.717) is 35.8 Å². The number of carbonyl (C=O) groups excluding carboxylic acids is 4. The lowest BCUT2D eigenvalue weighted by molar-refractivity contribution is -0.121. The molecule has 5 rings (SSSR count). The summed E-state index contributed by atoms with van der Waals surface area (Å²) in [6.07, 6.45) is -1.08. The fraction of sp³-hybridized carbons (Fsp3) is 0.208. The van der Waals surface area contributed by atoms with Crippen molar-refractivity contribution in [1.29, 1.82) is 0 Å². The Bertz CT molecular complexity index is 2430. The van der Waals surface area contributed by atoms with Crippen LogP contribution in [0, 0.1) is 58.6 Å². The van der Waals surface area contributed by atoms with Gasteiger partial charge in [-0.25, -0.2) is 26.3 Å². The minimum atomic E-state index is -1.69. The maximum absolute atomic E-state index is 15.1. The highest BCUT2D eigenvalue weighted by Gasteiger charge is 2.33. The number of amides is 4. The first kappa shape index (κ1) is 47.3. The van der Waals surface area contributed by atoms with Crippen molar-refractivity contribution in [3.63, 3.8) is 0 Å². The fourth-order valence-corrected chi connectivity index (χ4v) is 6.53. The van der Waals surface area contributed by atoms with Crippen LogP contribution in [0.25, 0.3) is 0 Å². The molecule has 0 aliphatic heterocycles. The number of hydrogen-bond acceptors (Lipinski definition) is 6. The average Bonchev–Trinajstić information content (AvgIpc) is 3.26. The third kappa shape index (κ3) is 12.2. The summed E-state index contributed by atoms with van der Waals surface area (Å²) < 4.78 is 98.2. The van der Waals surface area contributed by atoms with Crippen LogP contribution in [0.4, 0.5) is 37.7 Å². The lowest BCUT2D eigenvalue weighted by atomic mass is 10.00. The zero-order valence-corrected chi connectivity index (χ0v) is 34.8. The maximum atomic E-state index is 15.1. The van der Waals surface area contributed by atoms with Crippen LogP contribution in [0.1, 0.15) is 45.7 Å². The molecule has 0 aliphatic carbocycles. The van der Waals surface area contributed by atoms with Crippen molar-refractivity contribution in [1.82, 2.24) is 10.6 Å².